The highest BCUT2D eigenvalue weighted by Crippen LogP contribution is 2.21. The van der Waals surface area contributed by atoms with Crippen molar-refractivity contribution in [2.45, 2.75) is 6.92 Å². The van der Waals surface area contributed by atoms with Crippen molar-refractivity contribution in [3.05, 3.63) is 59.1 Å². The van der Waals surface area contributed by atoms with Crippen LogP contribution in [-0.2, 0) is 7.05 Å². The Balaban J connectivity index is 1.86. The van der Waals surface area contributed by atoms with Crippen LogP contribution in [0.15, 0.2) is 42.5 Å². The second-order valence-electron chi connectivity index (χ2n) is 5.01. The Bertz CT molecular complexity index is 874. The van der Waals surface area contributed by atoms with Crippen molar-refractivity contribution in [1.82, 2.24) is 19.7 Å². The maximum absolute atomic E-state index is 12.2. The molecule has 0 atom stereocenters. The highest BCUT2D eigenvalue weighted by Gasteiger charge is 2.11. The summed E-state index contributed by atoms with van der Waals surface area (Å²) in [5.41, 5.74) is 1.78. The number of aromatic nitrogens is 4. The number of nitrogens with zero attached hydrogens (tertiary/aromatic N) is 4. The van der Waals surface area contributed by atoms with Gasteiger partial charge in [0.2, 0.25) is 0 Å². The molecule has 0 fully saturated rings. The molecule has 0 radical (unpaired) electrons. The van der Waals surface area contributed by atoms with Gasteiger partial charge in [-0.15, -0.1) is 10.2 Å². The Morgan fingerprint density at radius 2 is 1.96 bits per heavy atom. The summed E-state index contributed by atoms with van der Waals surface area (Å²) in [6, 6.07) is 12.3. The van der Waals surface area contributed by atoms with Gasteiger partial charge in [-0.2, -0.15) is 0 Å². The van der Waals surface area contributed by atoms with Crippen molar-refractivity contribution in [1.29, 1.82) is 0 Å². The number of carbonyl (C=O) groups excluding carboxylic acids is 1. The van der Waals surface area contributed by atoms with Gasteiger partial charge in [0.25, 0.3) is 5.91 Å². The minimum absolute atomic E-state index is 0.261. The van der Waals surface area contributed by atoms with Gasteiger partial charge in [0.05, 0.1) is 0 Å². The van der Waals surface area contributed by atoms with Gasteiger partial charge in [-0.1, -0.05) is 29.8 Å². The maximum atomic E-state index is 12.2. The van der Waals surface area contributed by atoms with E-state index in [4.69, 9.17) is 11.6 Å². The van der Waals surface area contributed by atoms with E-state index in [-0.39, 0.29) is 16.8 Å². The first-order chi connectivity index (χ1) is 11.0. The summed E-state index contributed by atoms with van der Waals surface area (Å²) in [6.45, 7) is 1.88. The third kappa shape index (κ3) is 3.22. The van der Waals surface area contributed by atoms with E-state index in [1.54, 1.807) is 24.3 Å². The van der Waals surface area contributed by atoms with Gasteiger partial charge in [-0.25, -0.2) is 4.98 Å². The molecule has 1 amide bonds. The maximum Gasteiger partial charge on any atom is 0.274 e. The van der Waals surface area contributed by atoms with Crippen LogP contribution in [0, 0.1) is 6.92 Å². The zero-order valence-corrected chi connectivity index (χ0v) is 13.4. The number of carbonyl (C=O) groups is 1. The number of benzene rings is 1. The Morgan fingerprint density at radius 1 is 1.17 bits per heavy atom. The van der Waals surface area contributed by atoms with Crippen LogP contribution in [0.5, 0.6) is 0 Å². The lowest BCUT2D eigenvalue weighted by molar-refractivity contribution is 0.102. The fourth-order valence-corrected chi connectivity index (χ4v) is 2.29. The van der Waals surface area contributed by atoms with Crippen molar-refractivity contribution < 1.29 is 4.79 Å². The summed E-state index contributed by atoms with van der Waals surface area (Å²) >= 11 is 5.81. The topological polar surface area (TPSA) is 72.7 Å². The lowest BCUT2D eigenvalue weighted by Gasteiger charge is -2.07. The van der Waals surface area contributed by atoms with Crippen LogP contribution in [0.2, 0.25) is 5.15 Å². The molecule has 0 saturated carbocycles. The molecule has 1 aromatic carbocycles. The molecule has 3 aromatic rings. The van der Waals surface area contributed by atoms with Gasteiger partial charge in [0.15, 0.2) is 5.82 Å². The van der Waals surface area contributed by atoms with Crippen LogP contribution in [0.3, 0.4) is 0 Å². The predicted molar refractivity (Wildman–Crippen MR) is 88.4 cm³/mol. The van der Waals surface area contributed by atoms with E-state index in [1.807, 2.05) is 36.7 Å². The Morgan fingerprint density at radius 3 is 2.65 bits per heavy atom. The molecule has 7 heteroatoms. The molecular formula is C16H14ClN5O. The van der Waals surface area contributed by atoms with Crippen LogP contribution in [-0.4, -0.2) is 25.7 Å². The standard InChI is InChI=1S/C16H14ClN5O/c1-10-20-21-15(22(10)2)11-5-3-6-12(9-11)18-16(23)13-7-4-8-14(17)19-13/h3-9H,1-2H3,(H,18,23). The number of aryl methyl sites for hydroxylation is 1. The number of rotatable bonds is 3. The van der Waals surface area contributed by atoms with Crippen molar-refractivity contribution in [3.63, 3.8) is 0 Å². The van der Waals surface area contributed by atoms with Gasteiger partial charge in [0, 0.05) is 18.3 Å². The molecular weight excluding hydrogens is 314 g/mol. The van der Waals surface area contributed by atoms with Crippen molar-refractivity contribution in [2.24, 2.45) is 7.05 Å². The molecule has 0 spiro atoms. The zero-order valence-electron chi connectivity index (χ0n) is 12.6. The van der Waals surface area contributed by atoms with E-state index in [9.17, 15) is 4.79 Å². The fourth-order valence-electron chi connectivity index (χ4n) is 2.12. The van der Waals surface area contributed by atoms with E-state index < -0.39 is 0 Å². The Hall–Kier alpha value is -2.73. The number of hydrogen-bond acceptors (Lipinski definition) is 4. The van der Waals surface area contributed by atoms with Crippen LogP contribution < -0.4 is 5.32 Å². The molecule has 116 valence electrons. The molecule has 0 aliphatic heterocycles. The van der Waals surface area contributed by atoms with Gasteiger partial charge in [0.1, 0.15) is 16.7 Å². The molecule has 0 bridgehead atoms. The second-order valence-corrected chi connectivity index (χ2v) is 5.40. The lowest BCUT2D eigenvalue weighted by atomic mass is 10.2. The van der Waals surface area contributed by atoms with E-state index in [0.717, 1.165) is 17.2 Å². The molecule has 3 rings (SSSR count). The van der Waals surface area contributed by atoms with Crippen molar-refractivity contribution >= 4 is 23.2 Å². The van der Waals surface area contributed by atoms with Gasteiger partial charge in [-0.3, -0.25) is 4.79 Å². The first-order valence-electron chi connectivity index (χ1n) is 6.95. The summed E-state index contributed by atoms with van der Waals surface area (Å²) in [4.78, 5) is 16.2. The zero-order chi connectivity index (χ0) is 16.4. The van der Waals surface area contributed by atoms with Gasteiger partial charge < -0.3 is 9.88 Å². The first-order valence-corrected chi connectivity index (χ1v) is 7.33. The summed E-state index contributed by atoms with van der Waals surface area (Å²) in [5, 5.41) is 11.3. The van der Waals surface area contributed by atoms with E-state index in [2.05, 4.69) is 20.5 Å². The number of hydrogen-bond donors (Lipinski definition) is 1. The molecule has 0 saturated heterocycles. The average molecular weight is 328 g/mol. The van der Waals surface area contributed by atoms with Gasteiger partial charge in [-0.05, 0) is 31.2 Å². The molecule has 2 heterocycles. The molecule has 23 heavy (non-hydrogen) atoms. The monoisotopic (exact) mass is 327 g/mol. The molecule has 1 N–H and O–H groups in total. The van der Waals surface area contributed by atoms with Crippen molar-refractivity contribution in [3.8, 4) is 11.4 Å². The number of halogens is 1. The summed E-state index contributed by atoms with van der Waals surface area (Å²) in [7, 11) is 1.89. The number of amides is 1. The smallest absolute Gasteiger partial charge is 0.274 e. The van der Waals surface area contributed by atoms with Crippen LogP contribution in [0.1, 0.15) is 16.3 Å². The van der Waals surface area contributed by atoms with Crippen LogP contribution in [0.25, 0.3) is 11.4 Å². The van der Waals surface area contributed by atoms with Gasteiger partial charge >= 0.3 is 0 Å². The minimum atomic E-state index is -0.321. The second kappa shape index (κ2) is 6.18. The minimum Gasteiger partial charge on any atom is -0.321 e. The molecule has 0 aliphatic rings. The normalized spacial score (nSPS) is 10.6. The third-order valence-electron chi connectivity index (χ3n) is 3.42. The SMILES string of the molecule is Cc1nnc(-c2cccc(NC(=O)c3cccc(Cl)n3)c2)n1C. The lowest BCUT2D eigenvalue weighted by Crippen LogP contribution is -2.13. The quantitative estimate of drug-likeness (QED) is 0.750. The third-order valence-corrected chi connectivity index (χ3v) is 3.63. The summed E-state index contributed by atoms with van der Waals surface area (Å²) < 4.78 is 1.89. The predicted octanol–water partition coefficient (Wildman–Crippen LogP) is 3.09. The largest absolute Gasteiger partial charge is 0.321 e. The Kier molecular flexibility index (Phi) is 4.08. The fraction of sp³-hybridized carbons (Fsp3) is 0.125. The van der Waals surface area contributed by atoms with E-state index in [0.29, 0.717) is 5.69 Å². The molecule has 6 nitrogen and oxygen atoms in total. The van der Waals surface area contributed by atoms with Crippen molar-refractivity contribution in [2.75, 3.05) is 5.32 Å². The molecule has 2 aromatic heterocycles. The summed E-state index contributed by atoms with van der Waals surface area (Å²) in [5.74, 6) is 1.23. The Labute approximate surface area is 138 Å². The molecule has 0 aliphatic carbocycles. The highest BCUT2D eigenvalue weighted by atomic mass is 35.5. The first kappa shape index (κ1) is 15.2. The van der Waals surface area contributed by atoms with Crippen LogP contribution >= 0.6 is 11.6 Å². The van der Waals surface area contributed by atoms with E-state index in [1.165, 1.54) is 0 Å². The number of anilines is 1. The highest BCUT2D eigenvalue weighted by molar-refractivity contribution is 6.29. The van der Waals surface area contributed by atoms with Crippen LogP contribution in [0.4, 0.5) is 5.69 Å². The summed E-state index contributed by atoms with van der Waals surface area (Å²) in [6.07, 6.45) is 0. The average Bonchev–Trinajstić information content (AvgIpc) is 2.87. The number of pyridine rings is 1. The van der Waals surface area contributed by atoms with E-state index >= 15 is 0 Å². The number of nitrogens with one attached hydrogen (secondary N) is 1. The molecule has 0 unspecified atom stereocenters.